The summed E-state index contributed by atoms with van der Waals surface area (Å²) in [6.45, 7) is 6.21. The Balaban J connectivity index is 2.28. The Morgan fingerprint density at radius 3 is 2.89 bits per heavy atom. The number of nitrogens with zero attached hydrogens (tertiary/aromatic N) is 2. The molecule has 0 aliphatic carbocycles. The van der Waals surface area contributed by atoms with E-state index >= 15 is 0 Å². The minimum absolute atomic E-state index is 0.877. The standard InChI is InChI=1S/C14H18BrN3/c1-3-6-16-8-12-7-11(2)4-5-14(12)18-10-13(15)9-17-18/h4-5,7,9-10,16H,3,6,8H2,1-2H3. The van der Waals surface area contributed by atoms with Crippen LogP contribution in [0.25, 0.3) is 5.69 Å². The van der Waals surface area contributed by atoms with Crippen molar-refractivity contribution in [1.29, 1.82) is 0 Å². The second-order valence-electron chi connectivity index (χ2n) is 4.41. The lowest BCUT2D eigenvalue weighted by Crippen LogP contribution is -2.15. The summed E-state index contributed by atoms with van der Waals surface area (Å²) in [6, 6.07) is 6.46. The average molecular weight is 308 g/mol. The molecule has 2 rings (SSSR count). The highest BCUT2D eigenvalue weighted by Crippen LogP contribution is 2.18. The summed E-state index contributed by atoms with van der Waals surface area (Å²) in [4.78, 5) is 0. The van der Waals surface area contributed by atoms with Crippen LogP contribution in [0.1, 0.15) is 24.5 Å². The fourth-order valence-electron chi connectivity index (χ4n) is 1.91. The number of hydrogen-bond donors (Lipinski definition) is 1. The van der Waals surface area contributed by atoms with Gasteiger partial charge in [0.15, 0.2) is 0 Å². The van der Waals surface area contributed by atoms with Crippen molar-refractivity contribution in [2.45, 2.75) is 26.8 Å². The number of nitrogens with one attached hydrogen (secondary N) is 1. The highest BCUT2D eigenvalue weighted by Gasteiger charge is 2.06. The van der Waals surface area contributed by atoms with E-state index in [0.29, 0.717) is 0 Å². The largest absolute Gasteiger partial charge is 0.313 e. The second kappa shape index (κ2) is 6.16. The number of hydrogen-bond acceptors (Lipinski definition) is 2. The predicted octanol–water partition coefficient (Wildman–Crippen LogP) is 3.44. The smallest absolute Gasteiger partial charge is 0.0691 e. The summed E-state index contributed by atoms with van der Waals surface area (Å²) in [7, 11) is 0. The molecule has 2 aromatic rings. The van der Waals surface area contributed by atoms with Crippen molar-refractivity contribution in [2.24, 2.45) is 0 Å². The highest BCUT2D eigenvalue weighted by atomic mass is 79.9. The minimum Gasteiger partial charge on any atom is -0.313 e. The Labute approximate surface area is 116 Å². The van der Waals surface area contributed by atoms with Crippen LogP contribution in [0.5, 0.6) is 0 Å². The molecule has 0 bridgehead atoms. The number of benzene rings is 1. The maximum Gasteiger partial charge on any atom is 0.0691 e. The molecular weight excluding hydrogens is 290 g/mol. The Kier molecular flexibility index (Phi) is 4.55. The molecule has 0 saturated carbocycles. The molecule has 0 spiro atoms. The zero-order valence-electron chi connectivity index (χ0n) is 10.8. The minimum atomic E-state index is 0.877. The summed E-state index contributed by atoms with van der Waals surface area (Å²) < 4.78 is 2.91. The molecule has 18 heavy (non-hydrogen) atoms. The third-order valence-corrected chi connectivity index (χ3v) is 3.18. The van der Waals surface area contributed by atoms with Crippen molar-refractivity contribution in [1.82, 2.24) is 15.1 Å². The van der Waals surface area contributed by atoms with Crippen molar-refractivity contribution < 1.29 is 0 Å². The Hall–Kier alpha value is -1.13. The Bertz CT molecular complexity index is 520. The van der Waals surface area contributed by atoms with Gasteiger partial charge in [0.25, 0.3) is 0 Å². The van der Waals surface area contributed by atoms with E-state index in [0.717, 1.165) is 29.7 Å². The monoisotopic (exact) mass is 307 g/mol. The molecule has 1 aromatic carbocycles. The first-order valence-corrected chi connectivity index (χ1v) is 7.01. The summed E-state index contributed by atoms with van der Waals surface area (Å²) in [5, 5.41) is 7.79. The molecule has 0 atom stereocenters. The molecule has 0 unspecified atom stereocenters. The molecule has 3 nitrogen and oxygen atoms in total. The van der Waals surface area contributed by atoms with E-state index in [1.165, 1.54) is 11.1 Å². The van der Waals surface area contributed by atoms with Gasteiger partial charge in [0, 0.05) is 12.7 Å². The lowest BCUT2D eigenvalue weighted by atomic mass is 10.1. The number of aryl methyl sites for hydroxylation is 1. The number of halogens is 1. The third kappa shape index (κ3) is 3.21. The normalized spacial score (nSPS) is 10.8. The lowest BCUT2D eigenvalue weighted by molar-refractivity contribution is 0.670. The van der Waals surface area contributed by atoms with Gasteiger partial charge in [-0.05, 0) is 47.4 Å². The molecule has 4 heteroatoms. The van der Waals surface area contributed by atoms with Gasteiger partial charge in [0.2, 0.25) is 0 Å². The molecule has 0 aliphatic heterocycles. The molecular formula is C14H18BrN3. The van der Waals surface area contributed by atoms with Crippen LogP contribution < -0.4 is 5.32 Å². The molecule has 0 aliphatic rings. The lowest BCUT2D eigenvalue weighted by Gasteiger charge is -2.11. The molecule has 1 heterocycles. The summed E-state index contributed by atoms with van der Waals surface area (Å²) in [6.07, 6.45) is 4.94. The van der Waals surface area contributed by atoms with Crippen molar-refractivity contribution >= 4 is 15.9 Å². The molecule has 0 amide bonds. The van der Waals surface area contributed by atoms with E-state index in [1.54, 1.807) is 0 Å². The summed E-state index contributed by atoms with van der Waals surface area (Å²) in [5.41, 5.74) is 3.69. The van der Waals surface area contributed by atoms with Crippen LogP contribution in [-0.4, -0.2) is 16.3 Å². The zero-order chi connectivity index (χ0) is 13.0. The summed E-state index contributed by atoms with van der Waals surface area (Å²) in [5.74, 6) is 0. The Morgan fingerprint density at radius 2 is 2.22 bits per heavy atom. The van der Waals surface area contributed by atoms with Crippen LogP contribution in [0.4, 0.5) is 0 Å². The molecule has 1 aromatic heterocycles. The van der Waals surface area contributed by atoms with Gasteiger partial charge in [-0.2, -0.15) is 5.10 Å². The van der Waals surface area contributed by atoms with E-state index in [-0.39, 0.29) is 0 Å². The quantitative estimate of drug-likeness (QED) is 0.858. The van der Waals surface area contributed by atoms with Crippen LogP contribution in [0.15, 0.2) is 35.1 Å². The van der Waals surface area contributed by atoms with E-state index < -0.39 is 0 Å². The van der Waals surface area contributed by atoms with Crippen LogP contribution in [-0.2, 0) is 6.54 Å². The van der Waals surface area contributed by atoms with Crippen LogP contribution in [0.2, 0.25) is 0 Å². The van der Waals surface area contributed by atoms with Crippen molar-refractivity contribution in [3.05, 3.63) is 46.2 Å². The van der Waals surface area contributed by atoms with Crippen molar-refractivity contribution in [2.75, 3.05) is 6.54 Å². The third-order valence-electron chi connectivity index (χ3n) is 2.78. The first-order valence-electron chi connectivity index (χ1n) is 6.21. The molecule has 0 radical (unpaired) electrons. The molecule has 1 N–H and O–H groups in total. The van der Waals surface area contributed by atoms with Gasteiger partial charge in [0.05, 0.1) is 16.4 Å². The zero-order valence-corrected chi connectivity index (χ0v) is 12.4. The van der Waals surface area contributed by atoms with Crippen LogP contribution in [0.3, 0.4) is 0 Å². The fraction of sp³-hybridized carbons (Fsp3) is 0.357. The molecule has 0 fully saturated rings. The van der Waals surface area contributed by atoms with Gasteiger partial charge < -0.3 is 5.32 Å². The topological polar surface area (TPSA) is 29.9 Å². The van der Waals surface area contributed by atoms with Gasteiger partial charge in [-0.25, -0.2) is 4.68 Å². The van der Waals surface area contributed by atoms with Crippen molar-refractivity contribution in [3.8, 4) is 5.69 Å². The van der Waals surface area contributed by atoms with Gasteiger partial charge in [0.1, 0.15) is 0 Å². The van der Waals surface area contributed by atoms with Gasteiger partial charge in [-0.3, -0.25) is 0 Å². The SMILES string of the molecule is CCCNCc1cc(C)ccc1-n1cc(Br)cn1. The maximum absolute atomic E-state index is 4.35. The maximum atomic E-state index is 4.35. The first-order chi connectivity index (χ1) is 8.70. The Morgan fingerprint density at radius 1 is 1.39 bits per heavy atom. The average Bonchev–Trinajstić information content (AvgIpc) is 2.76. The van der Waals surface area contributed by atoms with Crippen LogP contribution in [0, 0.1) is 6.92 Å². The predicted molar refractivity (Wildman–Crippen MR) is 78.0 cm³/mol. The van der Waals surface area contributed by atoms with E-state index in [4.69, 9.17) is 0 Å². The highest BCUT2D eigenvalue weighted by molar-refractivity contribution is 9.10. The van der Waals surface area contributed by atoms with E-state index in [1.807, 2.05) is 17.1 Å². The van der Waals surface area contributed by atoms with Gasteiger partial charge in [-0.15, -0.1) is 0 Å². The van der Waals surface area contributed by atoms with E-state index in [9.17, 15) is 0 Å². The van der Waals surface area contributed by atoms with Crippen LogP contribution >= 0.6 is 15.9 Å². The second-order valence-corrected chi connectivity index (χ2v) is 5.33. The van der Waals surface area contributed by atoms with Gasteiger partial charge in [-0.1, -0.05) is 24.6 Å². The van der Waals surface area contributed by atoms with Crippen molar-refractivity contribution in [3.63, 3.8) is 0 Å². The number of aromatic nitrogens is 2. The number of rotatable bonds is 5. The fourth-order valence-corrected chi connectivity index (χ4v) is 2.20. The molecule has 0 saturated heterocycles. The van der Waals surface area contributed by atoms with Gasteiger partial charge >= 0.3 is 0 Å². The first kappa shape index (κ1) is 13.3. The molecule has 96 valence electrons. The van der Waals surface area contributed by atoms with E-state index in [2.05, 4.69) is 58.4 Å². The summed E-state index contributed by atoms with van der Waals surface area (Å²) >= 11 is 3.43.